The molecule has 0 radical (unpaired) electrons. The van der Waals surface area contributed by atoms with Crippen molar-refractivity contribution in [3.63, 3.8) is 0 Å². The van der Waals surface area contributed by atoms with E-state index in [-0.39, 0.29) is 17.1 Å². The molecule has 1 unspecified atom stereocenters. The number of carbonyl (C=O) groups excluding carboxylic acids is 1. The maximum Gasteiger partial charge on any atom is 0.297 e. The predicted octanol–water partition coefficient (Wildman–Crippen LogP) is 6.02. The number of aryl methyl sites for hydroxylation is 4. The minimum Gasteiger partial charge on any atom is -0.494 e. The third kappa shape index (κ3) is 3.51. The molecule has 7 heteroatoms. The molecule has 174 valence electrons. The van der Waals surface area contributed by atoms with E-state index in [2.05, 4.69) is 4.98 Å². The molecule has 0 N–H and O–H groups in total. The number of ether oxygens (including phenoxy) is 1. The molecule has 1 amide bonds. The lowest BCUT2D eigenvalue weighted by Crippen LogP contribution is -2.29. The number of benzene rings is 2. The van der Waals surface area contributed by atoms with E-state index in [1.54, 1.807) is 4.90 Å². The van der Waals surface area contributed by atoms with Crippen molar-refractivity contribution in [2.45, 2.75) is 47.1 Å². The van der Waals surface area contributed by atoms with Gasteiger partial charge in [-0.2, -0.15) is 0 Å². The largest absolute Gasteiger partial charge is 0.494 e. The van der Waals surface area contributed by atoms with Crippen LogP contribution < -0.4 is 15.1 Å². The van der Waals surface area contributed by atoms with Crippen LogP contribution in [-0.4, -0.2) is 17.5 Å². The quantitative estimate of drug-likeness (QED) is 0.354. The van der Waals surface area contributed by atoms with Crippen molar-refractivity contribution < 1.29 is 13.9 Å². The minimum atomic E-state index is -0.653. The number of nitrogens with zero attached hydrogens (tertiary/aromatic N) is 2. The number of hydrogen-bond acceptors (Lipinski definition) is 6. The van der Waals surface area contributed by atoms with Gasteiger partial charge in [0.2, 0.25) is 5.76 Å². The number of aromatic nitrogens is 1. The van der Waals surface area contributed by atoms with E-state index < -0.39 is 6.04 Å². The number of thiazole rings is 1. The van der Waals surface area contributed by atoms with Crippen LogP contribution in [-0.2, 0) is 0 Å². The molecule has 0 saturated carbocycles. The van der Waals surface area contributed by atoms with Crippen LogP contribution in [0.3, 0.4) is 0 Å². The van der Waals surface area contributed by atoms with Gasteiger partial charge in [-0.05, 0) is 75.1 Å². The van der Waals surface area contributed by atoms with Gasteiger partial charge in [-0.15, -0.1) is 11.3 Å². The van der Waals surface area contributed by atoms with Gasteiger partial charge >= 0.3 is 0 Å². The Morgan fingerprint density at radius 2 is 1.85 bits per heavy atom. The fourth-order valence-electron chi connectivity index (χ4n) is 4.29. The lowest BCUT2D eigenvalue weighted by molar-refractivity contribution is 0.0971. The highest BCUT2D eigenvalue weighted by Gasteiger charge is 2.45. The number of hydrogen-bond donors (Lipinski definition) is 0. The van der Waals surface area contributed by atoms with Crippen LogP contribution >= 0.6 is 11.3 Å². The molecule has 6 nitrogen and oxygen atoms in total. The fraction of sp³-hybridized carbons (Fsp3) is 0.296. The van der Waals surface area contributed by atoms with E-state index in [4.69, 9.17) is 9.15 Å². The van der Waals surface area contributed by atoms with Gasteiger partial charge < -0.3 is 9.15 Å². The first-order valence-corrected chi connectivity index (χ1v) is 12.2. The molecule has 4 aromatic rings. The maximum absolute atomic E-state index is 13.8. The van der Waals surface area contributed by atoms with Crippen LogP contribution in [0.5, 0.6) is 5.75 Å². The smallest absolute Gasteiger partial charge is 0.297 e. The van der Waals surface area contributed by atoms with E-state index >= 15 is 0 Å². The summed E-state index contributed by atoms with van der Waals surface area (Å²) in [6, 6.07) is 10.6. The molecule has 0 aliphatic carbocycles. The van der Waals surface area contributed by atoms with E-state index in [0.29, 0.717) is 34.0 Å². The van der Waals surface area contributed by atoms with Crippen molar-refractivity contribution >= 4 is 33.3 Å². The average Bonchev–Trinajstić information content (AvgIpc) is 3.30. The summed E-state index contributed by atoms with van der Waals surface area (Å²) >= 11 is 1.44. The highest BCUT2D eigenvalue weighted by Crippen LogP contribution is 2.43. The number of carbonyl (C=O) groups is 1. The Hall–Kier alpha value is -3.45. The third-order valence-corrected chi connectivity index (χ3v) is 7.43. The van der Waals surface area contributed by atoms with Crippen molar-refractivity contribution in [3.05, 3.63) is 85.2 Å². The zero-order chi connectivity index (χ0) is 24.1. The van der Waals surface area contributed by atoms with Crippen LogP contribution in [0.2, 0.25) is 0 Å². The van der Waals surface area contributed by atoms with Crippen LogP contribution in [0.1, 0.15) is 62.8 Å². The zero-order valence-corrected chi connectivity index (χ0v) is 20.7. The topological polar surface area (TPSA) is 72.6 Å². The Bertz CT molecular complexity index is 1480. The van der Waals surface area contributed by atoms with Gasteiger partial charge in [0.25, 0.3) is 5.91 Å². The molecule has 0 bridgehead atoms. The molecule has 1 aliphatic rings. The average molecular weight is 475 g/mol. The molecular weight excluding hydrogens is 448 g/mol. The summed E-state index contributed by atoms with van der Waals surface area (Å²) in [7, 11) is 0. The third-order valence-electron chi connectivity index (χ3n) is 6.36. The number of anilines is 1. The van der Waals surface area contributed by atoms with Crippen LogP contribution in [0, 0.1) is 27.7 Å². The van der Waals surface area contributed by atoms with Crippen molar-refractivity contribution in [1.29, 1.82) is 0 Å². The van der Waals surface area contributed by atoms with Crippen molar-refractivity contribution in [3.8, 4) is 5.75 Å². The highest BCUT2D eigenvalue weighted by molar-refractivity contribution is 7.15. The molecule has 5 rings (SSSR count). The summed E-state index contributed by atoms with van der Waals surface area (Å²) in [5.74, 6) is 0.422. The molecule has 2 aromatic carbocycles. The first kappa shape index (κ1) is 22.3. The Morgan fingerprint density at radius 1 is 1.09 bits per heavy atom. The van der Waals surface area contributed by atoms with E-state index in [0.717, 1.165) is 33.7 Å². The fourth-order valence-corrected chi connectivity index (χ4v) is 5.23. The molecule has 1 aliphatic heterocycles. The van der Waals surface area contributed by atoms with Gasteiger partial charge in [0.05, 0.1) is 29.3 Å². The summed E-state index contributed by atoms with van der Waals surface area (Å²) < 4.78 is 12.0. The second kappa shape index (κ2) is 8.40. The summed E-state index contributed by atoms with van der Waals surface area (Å²) in [5.41, 5.74) is 4.22. The first-order valence-electron chi connectivity index (χ1n) is 11.4. The maximum atomic E-state index is 13.8. The number of amides is 1. The van der Waals surface area contributed by atoms with Gasteiger partial charge in [-0.3, -0.25) is 14.5 Å². The van der Waals surface area contributed by atoms with Gasteiger partial charge in [-0.25, -0.2) is 4.98 Å². The second-order valence-electron chi connectivity index (χ2n) is 8.74. The van der Waals surface area contributed by atoms with Gasteiger partial charge in [0.15, 0.2) is 10.6 Å². The van der Waals surface area contributed by atoms with E-state index in [1.165, 1.54) is 11.3 Å². The highest BCUT2D eigenvalue weighted by atomic mass is 32.1. The van der Waals surface area contributed by atoms with Crippen LogP contribution in [0.4, 0.5) is 5.13 Å². The SMILES string of the molecule is CCCOc1cccc(C2c3c(oc4cc(C)c(C)cc4c3=O)C(=O)N2c2nc(C)c(C)s2)c1. The summed E-state index contributed by atoms with van der Waals surface area (Å²) in [6.45, 7) is 10.4. The molecule has 2 aromatic heterocycles. The normalized spacial score (nSPS) is 15.3. The number of rotatable bonds is 5. The van der Waals surface area contributed by atoms with Crippen molar-refractivity contribution in [2.75, 3.05) is 11.5 Å². The molecule has 34 heavy (non-hydrogen) atoms. The van der Waals surface area contributed by atoms with E-state index in [1.807, 2.05) is 71.0 Å². The van der Waals surface area contributed by atoms with E-state index in [9.17, 15) is 9.59 Å². The molecule has 0 saturated heterocycles. The van der Waals surface area contributed by atoms with Gasteiger partial charge in [0.1, 0.15) is 11.3 Å². The van der Waals surface area contributed by atoms with Crippen molar-refractivity contribution in [1.82, 2.24) is 4.98 Å². The van der Waals surface area contributed by atoms with Crippen LogP contribution in [0.25, 0.3) is 11.0 Å². The van der Waals surface area contributed by atoms with Crippen LogP contribution in [0.15, 0.2) is 45.6 Å². The summed E-state index contributed by atoms with van der Waals surface area (Å²) in [4.78, 5) is 34.8. The Labute approximate surface area is 201 Å². The Balaban J connectivity index is 1.77. The standard InChI is InChI=1S/C27H26N2O4S/c1-6-10-32-19-9-7-8-18(13-19)23-22-24(30)20-11-14(2)15(3)12-21(20)33-25(22)26(31)29(23)27-28-16(4)17(5)34-27/h7-9,11-13,23H,6,10H2,1-5H3. The lowest BCUT2D eigenvalue weighted by Gasteiger charge is -2.23. The Morgan fingerprint density at radius 3 is 2.56 bits per heavy atom. The minimum absolute atomic E-state index is 0.0798. The Kier molecular flexibility index (Phi) is 5.52. The predicted molar refractivity (Wildman–Crippen MR) is 134 cm³/mol. The molecular formula is C27H26N2O4S. The molecule has 1 atom stereocenters. The molecule has 3 heterocycles. The summed E-state index contributed by atoms with van der Waals surface area (Å²) in [5, 5.41) is 1.03. The van der Waals surface area contributed by atoms with Crippen molar-refractivity contribution in [2.24, 2.45) is 0 Å². The second-order valence-corrected chi connectivity index (χ2v) is 9.92. The molecule has 0 fully saturated rings. The zero-order valence-electron chi connectivity index (χ0n) is 19.9. The van der Waals surface area contributed by atoms with Gasteiger partial charge in [0, 0.05) is 4.88 Å². The molecule has 0 spiro atoms. The monoisotopic (exact) mass is 474 g/mol. The first-order chi connectivity index (χ1) is 16.3. The number of fused-ring (bicyclic) bond motifs is 2. The summed E-state index contributed by atoms with van der Waals surface area (Å²) in [6.07, 6.45) is 0.882. The lowest BCUT2D eigenvalue weighted by atomic mass is 9.97. The van der Waals surface area contributed by atoms with Gasteiger partial charge in [-0.1, -0.05) is 19.1 Å².